The first-order chi connectivity index (χ1) is 4.75. The number of methoxy groups -OCH3 is 1. The van der Waals surface area contributed by atoms with Crippen LogP contribution in [0.3, 0.4) is 0 Å². The third-order valence-corrected chi connectivity index (χ3v) is 1.77. The zero-order valence-electron chi connectivity index (χ0n) is 5.33. The molecular weight excluding hydrogens is 152 g/mol. The largest absolute Gasteiger partial charge is 0.480 e. The molecule has 0 aromatic carbocycles. The summed E-state index contributed by atoms with van der Waals surface area (Å²) in [5.41, 5.74) is 6.50. The molecule has 1 aromatic heterocycles. The molecule has 0 saturated heterocycles. The van der Waals surface area contributed by atoms with Crippen molar-refractivity contribution in [3.8, 4) is 5.88 Å². The molecular formula is C5H6N2O2S. The Hall–Kier alpha value is -1.10. The molecule has 0 bridgehead atoms. The maximum Gasteiger partial charge on any atom is 0.264 e. The van der Waals surface area contributed by atoms with Crippen molar-refractivity contribution in [2.24, 2.45) is 5.73 Å². The fraction of sp³-hybridized carbons (Fsp3) is 0.200. The van der Waals surface area contributed by atoms with E-state index < -0.39 is 5.91 Å². The standard InChI is InChI=1S/C5H6N2O2S/c1-9-5-3(4(6)8)10-2-7-5/h2H,1H3,(H2,6,8). The molecule has 10 heavy (non-hydrogen) atoms. The molecule has 1 heterocycles. The first-order valence-electron chi connectivity index (χ1n) is 2.53. The summed E-state index contributed by atoms with van der Waals surface area (Å²) >= 11 is 1.17. The molecule has 1 rings (SSSR count). The van der Waals surface area contributed by atoms with E-state index >= 15 is 0 Å². The quantitative estimate of drug-likeness (QED) is 0.671. The zero-order chi connectivity index (χ0) is 7.56. The normalized spacial score (nSPS) is 9.30. The zero-order valence-corrected chi connectivity index (χ0v) is 6.14. The van der Waals surface area contributed by atoms with Crippen LogP contribution in [0.2, 0.25) is 0 Å². The Morgan fingerprint density at radius 2 is 2.60 bits per heavy atom. The second kappa shape index (κ2) is 2.66. The average Bonchev–Trinajstić information content (AvgIpc) is 2.33. The van der Waals surface area contributed by atoms with E-state index in [1.807, 2.05) is 0 Å². The summed E-state index contributed by atoms with van der Waals surface area (Å²) in [5, 5.41) is 0. The van der Waals surface area contributed by atoms with Gasteiger partial charge in [-0.15, -0.1) is 11.3 Å². The number of carbonyl (C=O) groups is 1. The smallest absolute Gasteiger partial charge is 0.264 e. The highest BCUT2D eigenvalue weighted by atomic mass is 32.1. The number of rotatable bonds is 2. The van der Waals surface area contributed by atoms with Gasteiger partial charge >= 0.3 is 0 Å². The van der Waals surface area contributed by atoms with Crippen LogP contribution in [0.1, 0.15) is 9.67 Å². The van der Waals surface area contributed by atoms with Crippen LogP contribution in [0.15, 0.2) is 5.51 Å². The maximum absolute atomic E-state index is 10.6. The maximum atomic E-state index is 10.6. The van der Waals surface area contributed by atoms with Crippen molar-refractivity contribution in [1.29, 1.82) is 0 Å². The van der Waals surface area contributed by atoms with Crippen molar-refractivity contribution < 1.29 is 9.53 Å². The summed E-state index contributed by atoms with van der Waals surface area (Å²) in [6, 6.07) is 0. The fourth-order valence-corrected chi connectivity index (χ4v) is 1.15. The lowest BCUT2D eigenvalue weighted by Gasteiger charge is -1.93. The molecule has 0 aliphatic rings. The molecule has 0 saturated carbocycles. The number of thiazole rings is 1. The van der Waals surface area contributed by atoms with E-state index in [1.54, 1.807) is 0 Å². The van der Waals surface area contributed by atoms with Gasteiger partial charge in [-0.05, 0) is 0 Å². The molecule has 0 atom stereocenters. The van der Waals surface area contributed by atoms with E-state index in [-0.39, 0.29) is 0 Å². The average molecular weight is 158 g/mol. The molecule has 54 valence electrons. The van der Waals surface area contributed by atoms with E-state index in [0.717, 1.165) is 0 Å². The van der Waals surface area contributed by atoms with Crippen molar-refractivity contribution in [3.05, 3.63) is 10.4 Å². The highest BCUT2D eigenvalue weighted by molar-refractivity contribution is 7.12. The van der Waals surface area contributed by atoms with Gasteiger partial charge in [0.15, 0.2) is 4.88 Å². The molecule has 1 amide bonds. The number of nitrogens with zero attached hydrogens (tertiary/aromatic N) is 1. The van der Waals surface area contributed by atoms with Gasteiger partial charge in [0.05, 0.1) is 12.6 Å². The van der Waals surface area contributed by atoms with Gasteiger partial charge < -0.3 is 10.5 Å². The molecule has 0 fully saturated rings. The number of primary amides is 1. The van der Waals surface area contributed by atoms with Gasteiger partial charge in [-0.25, -0.2) is 4.98 Å². The lowest BCUT2D eigenvalue weighted by atomic mass is 10.5. The number of nitrogens with two attached hydrogens (primary N) is 1. The number of hydrogen-bond donors (Lipinski definition) is 1. The minimum absolute atomic E-state index is 0.303. The van der Waals surface area contributed by atoms with Crippen LogP contribution >= 0.6 is 11.3 Å². The third-order valence-electron chi connectivity index (χ3n) is 0.952. The predicted molar refractivity (Wildman–Crippen MR) is 37.2 cm³/mol. The number of ether oxygens (including phenoxy) is 1. The van der Waals surface area contributed by atoms with Crippen molar-refractivity contribution in [1.82, 2.24) is 4.98 Å². The van der Waals surface area contributed by atoms with Crippen LogP contribution in [0.25, 0.3) is 0 Å². The van der Waals surface area contributed by atoms with Gasteiger partial charge in [0, 0.05) is 0 Å². The van der Waals surface area contributed by atoms with E-state index in [4.69, 9.17) is 10.5 Å². The summed E-state index contributed by atoms with van der Waals surface area (Å²) in [6.45, 7) is 0. The van der Waals surface area contributed by atoms with E-state index in [2.05, 4.69) is 4.98 Å². The Labute approximate surface area is 61.6 Å². The number of aromatic nitrogens is 1. The van der Waals surface area contributed by atoms with Crippen LogP contribution in [0, 0.1) is 0 Å². The molecule has 4 nitrogen and oxygen atoms in total. The summed E-state index contributed by atoms with van der Waals surface area (Å²) in [5.74, 6) is -0.197. The SMILES string of the molecule is COc1ncsc1C(N)=O. The molecule has 0 spiro atoms. The van der Waals surface area contributed by atoms with Crippen molar-refractivity contribution in [2.45, 2.75) is 0 Å². The first kappa shape index (κ1) is 7.01. The second-order valence-corrected chi connectivity index (χ2v) is 2.41. The van der Waals surface area contributed by atoms with Crippen molar-refractivity contribution in [2.75, 3.05) is 7.11 Å². The molecule has 5 heteroatoms. The Morgan fingerprint density at radius 3 is 3.00 bits per heavy atom. The monoisotopic (exact) mass is 158 g/mol. The van der Waals surface area contributed by atoms with Crippen LogP contribution in [-0.2, 0) is 0 Å². The molecule has 0 aliphatic heterocycles. The Kier molecular flexibility index (Phi) is 1.86. The number of amides is 1. The number of carbonyl (C=O) groups excluding carboxylic acids is 1. The van der Waals surface area contributed by atoms with Gasteiger partial charge in [-0.3, -0.25) is 4.79 Å². The third kappa shape index (κ3) is 1.08. The lowest BCUT2D eigenvalue weighted by Crippen LogP contribution is -2.10. The molecule has 0 unspecified atom stereocenters. The Morgan fingerprint density at radius 1 is 1.90 bits per heavy atom. The highest BCUT2D eigenvalue weighted by Crippen LogP contribution is 2.18. The van der Waals surface area contributed by atoms with E-state index in [1.165, 1.54) is 24.0 Å². The van der Waals surface area contributed by atoms with E-state index in [0.29, 0.717) is 10.8 Å². The topological polar surface area (TPSA) is 65.2 Å². The van der Waals surface area contributed by atoms with Gasteiger partial charge in [0.25, 0.3) is 5.91 Å². The Bertz CT molecular complexity index is 246. The summed E-state index contributed by atoms with van der Waals surface area (Å²) in [7, 11) is 1.45. The van der Waals surface area contributed by atoms with Crippen molar-refractivity contribution in [3.63, 3.8) is 0 Å². The second-order valence-electron chi connectivity index (χ2n) is 1.56. The van der Waals surface area contributed by atoms with Crippen LogP contribution in [-0.4, -0.2) is 18.0 Å². The van der Waals surface area contributed by atoms with Crippen LogP contribution in [0.5, 0.6) is 5.88 Å². The van der Waals surface area contributed by atoms with Gasteiger partial charge in [0.1, 0.15) is 0 Å². The van der Waals surface area contributed by atoms with Gasteiger partial charge in [-0.2, -0.15) is 0 Å². The van der Waals surface area contributed by atoms with Gasteiger partial charge in [0.2, 0.25) is 5.88 Å². The highest BCUT2D eigenvalue weighted by Gasteiger charge is 2.10. The van der Waals surface area contributed by atoms with E-state index in [9.17, 15) is 4.79 Å². The summed E-state index contributed by atoms with van der Waals surface area (Å²) in [6.07, 6.45) is 0. The number of hydrogen-bond acceptors (Lipinski definition) is 4. The molecule has 0 aliphatic carbocycles. The summed E-state index contributed by atoms with van der Waals surface area (Å²) < 4.78 is 4.75. The first-order valence-corrected chi connectivity index (χ1v) is 3.41. The van der Waals surface area contributed by atoms with Crippen LogP contribution in [0.4, 0.5) is 0 Å². The summed E-state index contributed by atoms with van der Waals surface area (Å²) in [4.78, 5) is 14.7. The molecule has 2 N–H and O–H groups in total. The lowest BCUT2D eigenvalue weighted by molar-refractivity contribution is 0.100. The molecule has 0 radical (unpaired) electrons. The Balaban J connectivity index is 3.01. The van der Waals surface area contributed by atoms with Crippen molar-refractivity contribution >= 4 is 17.2 Å². The van der Waals surface area contributed by atoms with Crippen LogP contribution < -0.4 is 10.5 Å². The minimum Gasteiger partial charge on any atom is -0.480 e. The predicted octanol–water partition coefficient (Wildman–Crippen LogP) is 0.251. The minimum atomic E-state index is -0.501. The van der Waals surface area contributed by atoms with Gasteiger partial charge in [-0.1, -0.05) is 0 Å². The fourth-order valence-electron chi connectivity index (χ4n) is 0.545. The molecule has 1 aromatic rings.